The van der Waals surface area contributed by atoms with Crippen molar-refractivity contribution in [2.75, 3.05) is 12.4 Å². The second-order valence-electron chi connectivity index (χ2n) is 3.36. The highest BCUT2D eigenvalue weighted by Crippen LogP contribution is 2.19. The zero-order chi connectivity index (χ0) is 11.1. The minimum absolute atomic E-state index is 0.144. The van der Waals surface area contributed by atoms with E-state index in [1.54, 1.807) is 0 Å². The van der Waals surface area contributed by atoms with E-state index in [4.69, 9.17) is 4.74 Å². The average molecular weight is 224 g/mol. The summed E-state index contributed by atoms with van der Waals surface area (Å²) in [5, 5.41) is 0. The van der Waals surface area contributed by atoms with E-state index in [-0.39, 0.29) is 17.6 Å². The third-order valence-corrected chi connectivity index (χ3v) is 2.60. The summed E-state index contributed by atoms with van der Waals surface area (Å²) in [6.45, 7) is 2.53. The van der Waals surface area contributed by atoms with E-state index in [0.29, 0.717) is 6.61 Å². The molecule has 2 nitrogen and oxygen atoms in total. The fraction of sp³-hybridized carbons (Fsp3) is 0.417. The van der Waals surface area contributed by atoms with Gasteiger partial charge in [-0.05, 0) is 12.0 Å². The van der Waals surface area contributed by atoms with Crippen molar-refractivity contribution in [2.45, 2.75) is 19.3 Å². The Bertz CT molecular complexity index is 298. The van der Waals surface area contributed by atoms with Gasteiger partial charge in [0.05, 0.1) is 12.4 Å². The smallest absolute Gasteiger partial charge is 0.315 e. The summed E-state index contributed by atoms with van der Waals surface area (Å²) < 4.78 is 5.08. The van der Waals surface area contributed by atoms with E-state index >= 15 is 0 Å². The topological polar surface area (TPSA) is 26.3 Å². The molecule has 0 N–H and O–H groups in total. The summed E-state index contributed by atoms with van der Waals surface area (Å²) in [7, 11) is 0. The molecule has 82 valence electrons. The van der Waals surface area contributed by atoms with Gasteiger partial charge in [0.15, 0.2) is 0 Å². The molecule has 1 unspecified atom stereocenters. The lowest BCUT2D eigenvalue weighted by atomic mass is 9.98. The SMILES string of the molecule is CCC(COC(=O)CS)c1ccccc1. The lowest BCUT2D eigenvalue weighted by Crippen LogP contribution is -2.13. The first kappa shape index (κ1) is 12.1. The largest absolute Gasteiger partial charge is 0.464 e. The fourth-order valence-electron chi connectivity index (χ4n) is 1.41. The molecule has 1 aromatic carbocycles. The molecule has 1 rings (SSSR count). The molecule has 0 aromatic heterocycles. The predicted octanol–water partition coefficient (Wildman–Crippen LogP) is 2.65. The number of carbonyl (C=O) groups is 1. The van der Waals surface area contributed by atoms with Crippen molar-refractivity contribution < 1.29 is 9.53 Å². The molecule has 0 aliphatic carbocycles. The summed E-state index contributed by atoms with van der Waals surface area (Å²) in [6, 6.07) is 10.1. The molecular formula is C12H16O2S. The number of esters is 1. The molecule has 1 atom stereocenters. The van der Waals surface area contributed by atoms with Crippen LogP contribution in [0.25, 0.3) is 0 Å². The average Bonchev–Trinajstić information content (AvgIpc) is 2.31. The van der Waals surface area contributed by atoms with Crippen LogP contribution >= 0.6 is 12.6 Å². The number of hydrogen-bond acceptors (Lipinski definition) is 3. The van der Waals surface area contributed by atoms with Crippen LogP contribution in [0.5, 0.6) is 0 Å². The fourth-order valence-corrected chi connectivity index (χ4v) is 1.51. The molecule has 0 spiro atoms. The maximum Gasteiger partial charge on any atom is 0.315 e. The monoisotopic (exact) mass is 224 g/mol. The van der Waals surface area contributed by atoms with Gasteiger partial charge in [-0.1, -0.05) is 37.3 Å². The minimum atomic E-state index is -0.257. The van der Waals surface area contributed by atoms with E-state index in [0.717, 1.165) is 6.42 Å². The van der Waals surface area contributed by atoms with Crippen molar-refractivity contribution in [1.82, 2.24) is 0 Å². The summed E-state index contributed by atoms with van der Waals surface area (Å²) >= 11 is 3.86. The lowest BCUT2D eigenvalue weighted by molar-refractivity contribution is -0.140. The van der Waals surface area contributed by atoms with E-state index in [1.165, 1.54) is 5.56 Å². The number of carbonyl (C=O) groups excluding carboxylic acids is 1. The molecule has 0 saturated heterocycles. The Balaban J connectivity index is 2.53. The third kappa shape index (κ3) is 3.96. The van der Waals surface area contributed by atoms with Gasteiger partial charge in [0.25, 0.3) is 0 Å². The molecule has 0 amide bonds. The van der Waals surface area contributed by atoms with Crippen LogP contribution in [0.4, 0.5) is 0 Å². The second-order valence-corrected chi connectivity index (χ2v) is 3.67. The van der Waals surface area contributed by atoms with Gasteiger partial charge in [-0.3, -0.25) is 4.79 Å². The van der Waals surface area contributed by atoms with Crippen molar-refractivity contribution in [3.63, 3.8) is 0 Å². The van der Waals surface area contributed by atoms with Crippen molar-refractivity contribution in [3.05, 3.63) is 35.9 Å². The lowest BCUT2D eigenvalue weighted by Gasteiger charge is -2.14. The van der Waals surface area contributed by atoms with E-state index in [1.807, 2.05) is 18.2 Å². The van der Waals surface area contributed by atoms with Crippen LogP contribution in [-0.4, -0.2) is 18.3 Å². The molecule has 3 heteroatoms. The van der Waals surface area contributed by atoms with Crippen molar-refractivity contribution >= 4 is 18.6 Å². The Morgan fingerprint density at radius 3 is 2.60 bits per heavy atom. The predicted molar refractivity (Wildman–Crippen MR) is 64.3 cm³/mol. The van der Waals surface area contributed by atoms with Gasteiger partial charge < -0.3 is 4.74 Å². The standard InChI is InChI=1S/C12H16O2S/c1-2-10(8-14-12(13)9-15)11-6-4-3-5-7-11/h3-7,10,15H,2,8-9H2,1H3. The van der Waals surface area contributed by atoms with Gasteiger partial charge in [-0.15, -0.1) is 0 Å². The molecular weight excluding hydrogens is 208 g/mol. The molecule has 0 aliphatic rings. The maximum atomic E-state index is 11.0. The highest BCUT2D eigenvalue weighted by molar-refractivity contribution is 7.81. The van der Waals surface area contributed by atoms with Crippen LogP contribution in [0.3, 0.4) is 0 Å². The first-order chi connectivity index (χ1) is 7.27. The van der Waals surface area contributed by atoms with E-state index in [2.05, 4.69) is 31.7 Å². The molecule has 0 radical (unpaired) electrons. The number of ether oxygens (including phenoxy) is 1. The zero-order valence-corrected chi connectivity index (χ0v) is 9.74. The van der Waals surface area contributed by atoms with Crippen LogP contribution in [0.15, 0.2) is 30.3 Å². The highest BCUT2D eigenvalue weighted by Gasteiger charge is 2.11. The molecule has 0 saturated carbocycles. The quantitative estimate of drug-likeness (QED) is 0.614. The molecule has 1 aromatic rings. The third-order valence-electron chi connectivity index (χ3n) is 2.34. The Morgan fingerprint density at radius 2 is 2.07 bits per heavy atom. The van der Waals surface area contributed by atoms with Crippen LogP contribution < -0.4 is 0 Å². The first-order valence-corrected chi connectivity index (χ1v) is 5.72. The van der Waals surface area contributed by atoms with E-state index < -0.39 is 0 Å². The van der Waals surface area contributed by atoms with E-state index in [9.17, 15) is 4.79 Å². The van der Waals surface area contributed by atoms with Gasteiger partial charge in [0.2, 0.25) is 0 Å². The summed E-state index contributed by atoms with van der Waals surface area (Å²) in [5.41, 5.74) is 1.21. The van der Waals surface area contributed by atoms with Crippen LogP contribution in [0.1, 0.15) is 24.8 Å². The van der Waals surface area contributed by atoms with Gasteiger partial charge in [0.1, 0.15) is 0 Å². The molecule has 0 heterocycles. The summed E-state index contributed by atoms with van der Waals surface area (Å²) in [6.07, 6.45) is 0.962. The van der Waals surface area contributed by atoms with Crippen LogP contribution in [-0.2, 0) is 9.53 Å². The molecule has 0 fully saturated rings. The number of thiol groups is 1. The normalized spacial score (nSPS) is 12.1. The zero-order valence-electron chi connectivity index (χ0n) is 8.85. The Kier molecular flexibility index (Phi) is 5.26. The van der Waals surface area contributed by atoms with Crippen molar-refractivity contribution in [2.24, 2.45) is 0 Å². The number of rotatable bonds is 5. The minimum Gasteiger partial charge on any atom is -0.464 e. The second kappa shape index (κ2) is 6.51. The van der Waals surface area contributed by atoms with Gasteiger partial charge >= 0.3 is 5.97 Å². The summed E-state index contributed by atoms with van der Waals surface area (Å²) in [4.78, 5) is 11.0. The van der Waals surface area contributed by atoms with Gasteiger partial charge in [0, 0.05) is 5.92 Å². The van der Waals surface area contributed by atoms with Gasteiger partial charge in [-0.25, -0.2) is 0 Å². The molecule has 0 aliphatic heterocycles. The summed E-state index contributed by atoms with van der Waals surface area (Å²) in [5.74, 6) is 0.174. The van der Waals surface area contributed by atoms with Crippen LogP contribution in [0.2, 0.25) is 0 Å². The molecule has 0 bridgehead atoms. The number of hydrogen-bond donors (Lipinski definition) is 1. The Labute approximate surface area is 96.1 Å². The number of benzene rings is 1. The first-order valence-electron chi connectivity index (χ1n) is 5.09. The molecule has 15 heavy (non-hydrogen) atoms. The highest BCUT2D eigenvalue weighted by atomic mass is 32.1. The maximum absolute atomic E-state index is 11.0. The Morgan fingerprint density at radius 1 is 1.40 bits per heavy atom. The van der Waals surface area contributed by atoms with Gasteiger partial charge in [-0.2, -0.15) is 12.6 Å². The van der Waals surface area contributed by atoms with Crippen molar-refractivity contribution in [1.29, 1.82) is 0 Å². The van der Waals surface area contributed by atoms with Crippen LogP contribution in [0, 0.1) is 0 Å². The Hall–Kier alpha value is -0.960. The van der Waals surface area contributed by atoms with Crippen molar-refractivity contribution in [3.8, 4) is 0 Å².